The number of benzene rings is 2. The number of allylic oxidation sites excluding steroid dienone is 1. The van der Waals surface area contributed by atoms with Gasteiger partial charge in [-0.2, -0.15) is 0 Å². The fourth-order valence-corrected chi connectivity index (χ4v) is 2.90. The van der Waals surface area contributed by atoms with E-state index in [9.17, 15) is 4.79 Å². The first-order valence-corrected chi connectivity index (χ1v) is 7.91. The molecular weight excluding hydrogens is 286 g/mol. The molecule has 2 aromatic rings. The Labute approximate surface area is 136 Å². The van der Waals surface area contributed by atoms with Crippen LogP contribution in [0.15, 0.2) is 54.7 Å². The third-order valence-corrected chi connectivity index (χ3v) is 4.19. The molecule has 0 saturated heterocycles. The number of hydrogen-bond donors (Lipinski definition) is 2. The van der Waals surface area contributed by atoms with Gasteiger partial charge in [-0.25, -0.2) is 0 Å². The predicted molar refractivity (Wildman–Crippen MR) is 92.3 cm³/mol. The van der Waals surface area contributed by atoms with Crippen LogP contribution >= 0.6 is 0 Å². The Morgan fingerprint density at radius 1 is 1.00 bits per heavy atom. The van der Waals surface area contributed by atoms with E-state index >= 15 is 0 Å². The van der Waals surface area contributed by atoms with E-state index in [-0.39, 0.29) is 12.4 Å². The van der Waals surface area contributed by atoms with E-state index < -0.39 is 0 Å². The average Bonchev–Trinajstić information content (AvgIpc) is 2.55. The molecule has 2 N–H and O–H groups in total. The molecule has 3 nitrogen and oxygen atoms in total. The summed E-state index contributed by atoms with van der Waals surface area (Å²) in [4.78, 5) is 12.3. The summed E-state index contributed by atoms with van der Waals surface area (Å²) >= 11 is 0. The molecule has 1 aliphatic rings. The van der Waals surface area contributed by atoms with Crippen molar-refractivity contribution in [2.24, 2.45) is 0 Å². The molecule has 2 aromatic carbocycles. The number of ketones is 1. The van der Waals surface area contributed by atoms with E-state index in [0.717, 1.165) is 40.9 Å². The smallest absolute Gasteiger partial charge is 0.141 e. The first kappa shape index (κ1) is 15.5. The van der Waals surface area contributed by atoms with E-state index in [1.807, 2.05) is 36.4 Å². The highest BCUT2D eigenvalue weighted by Gasteiger charge is 2.13. The van der Waals surface area contributed by atoms with Gasteiger partial charge < -0.3 is 10.4 Å². The maximum Gasteiger partial charge on any atom is 0.141 e. The van der Waals surface area contributed by atoms with E-state index in [1.165, 1.54) is 5.56 Å². The van der Waals surface area contributed by atoms with E-state index in [1.54, 1.807) is 0 Å². The van der Waals surface area contributed by atoms with E-state index in [4.69, 9.17) is 5.11 Å². The van der Waals surface area contributed by atoms with Crippen LogP contribution in [0.3, 0.4) is 0 Å². The topological polar surface area (TPSA) is 49.3 Å². The van der Waals surface area contributed by atoms with Gasteiger partial charge in [0, 0.05) is 24.2 Å². The van der Waals surface area contributed by atoms with Crippen LogP contribution in [0.1, 0.15) is 28.7 Å². The maximum absolute atomic E-state index is 12.3. The number of carbonyl (C=O) groups is 1. The van der Waals surface area contributed by atoms with Crippen LogP contribution in [0.2, 0.25) is 0 Å². The minimum Gasteiger partial charge on any atom is -0.392 e. The number of carbonyl (C=O) groups excluding carboxylic acids is 1. The Morgan fingerprint density at radius 3 is 2.39 bits per heavy atom. The summed E-state index contributed by atoms with van der Waals surface area (Å²) in [7, 11) is 0. The number of Topliss-reactive ketones (excluding diaryl/α,β-unsaturated/α-hetero) is 1. The predicted octanol–water partition coefficient (Wildman–Crippen LogP) is 3.41. The molecule has 1 aliphatic heterocycles. The summed E-state index contributed by atoms with van der Waals surface area (Å²) in [6.45, 7) is 3.99. The van der Waals surface area contributed by atoms with Crippen LogP contribution in [0.5, 0.6) is 0 Å². The van der Waals surface area contributed by atoms with Crippen molar-refractivity contribution in [2.75, 3.05) is 5.32 Å². The molecule has 3 heteroatoms. The minimum absolute atomic E-state index is 0.0316. The number of nitrogens with one attached hydrogen (secondary N) is 1. The molecule has 0 saturated carbocycles. The van der Waals surface area contributed by atoms with Crippen molar-refractivity contribution in [1.29, 1.82) is 0 Å². The lowest BCUT2D eigenvalue weighted by Crippen LogP contribution is -2.11. The zero-order chi connectivity index (χ0) is 16.2. The van der Waals surface area contributed by atoms with Gasteiger partial charge in [-0.1, -0.05) is 43.0 Å². The zero-order valence-corrected chi connectivity index (χ0v) is 13.1. The Kier molecular flexibility index (Phi) is 4.58. The van der Waals surface area contributed by atoms with Crippen LogP contribution in [-0.2, 0) is 30.7 Å². The van der Waals surface area contributed by atoms with Crippen LogP contribution in [-0.4, -0.2) is 10.9 Å². The second kappa shape index (κ2) is 6.80. The van der Waals surface area contributed by atoms with Crippen molar-refractivity contribution in [3.8, 4) is 0 Å². The number of aliphatic hydroxyl groups excluding tert-OH is 1. The Bertz CT molecular complexity index is 732. The monoisotopic (exact) mass is 307 g/mol. The second-order valence-electron chi connectivity index (χ2n) is 6.09. The fourth-order valence-electron chi connectivity index (χ4n) is 2.90. The van der Waals surface area contributed by atoms with Crippen molar-refractivity contribution in [1.82, 2.24) is 0 Å². The van der Waals surface area contributed by atoms with Crippen LogP contribution < -0.4 is 5.32 Å². The third kappa shape index (κ3) is 3.88. The highest BCUT2D eigenvalue weighted by Crippen LogP contribution is 2.27. The highest BCUT2D eigenvalue weighted by molar-refractivity contribution is 5.83. The Morgan fingerprint density at radius 2 is 1.65 bits per heavy atom. The fraction of sp³-hybridized carbons (Fsp3) is 0.250. The molecule has 0 aliphatic carbocycles. The molecule has 0 spiro atoms. The quantitative estimate of drug-likeness (QED) is 0.890. The summed E-state index contributed by atoms with van der Waals surface area (Å²) in [5.41, 5.74) is 6.34. The average molecular weight is 307 g/mol. The third-order valence-electron chi connectivity index (χ3n) is 4.19. The molecule has 0 aromatic heterocycles. The van der Waals surface area contributed by atoms with Crippen molar-refractivity contribution in [2.45, 2.75) is 32.3 Å². The number of anilines is 1. The number of fused-ring (bicyclic) bond motifs is 1. The van der Waals surface area contributed by atoms with Gasteiger partial charge in [-0.15, -0.1) is 0 Å². The summed E-state index contributed by atoms with van der Waals surface area (Å²) < 4.78 is 0. The van der Waals surface area contributed by atoms with Gasteiger partial charge in [0.25, 0.3) is 0 Å². The van der Waals surface area contributed by atoms with Gasteiger partial charge in [-0.05, 0) is 41.2 Å². The van der Waals surface area contributed by atoms with Crippen molar-refractivity contribution >= 4 is 11.5 Å². The standard InChI is InChI=1S/C20H21NO2/c1-14-2-8-18-10-17(7-9-20(18)21-14)12-19(23)11-15-3-5-16(13-22)6-4-15/h3-7,9-10,21-22H,1-2,8,11-13H2. The SMILES string of the molecule is C=C1CCc2cc(CC(=O)Cc3ccc(CO)cc3)ccc2N1. The Balaban J connectivity index is 1.64. The van der Waals surface area contributed by atoms with Crippen LogP contribution in [0, 0.1) is 0 Å². The number of aryl methyl sites for hydroxylation is 1. The van der Waals surface area contributed by atoms with E-state index in [0.29, 0.717) is 12.8 Å². The van der Waals surface area contributed by atoms with Crippen molar-refractivity contribution in [3.63, 3.8) is 0 Å². The summed E-state index contributed by atoms with van der Waals surface area (Å²) in [5.74, 6) is 0.204. The first-order valence-electron chi connectivity index (χ1n) is 7.91. The maximum atomic E-state index is 12.3. The molecular formula is C20H21NO2. The summed E-state index contributed by atoms with van der Waals surface area (Å²) in [6.07, 6.45) is 2.81. The van der Waals surface area contributed by atoms with E-state index in [2.05, 4.69) is 18.0 Å². The number of rotatable bonds is 5. The first-order chi connectivity index (χ1) is 11.1. The van der Waals surface area contributed by atoms with Gasteiger partial charge in [0.1, 0.15) is 5.78 Å². The summed E-state index contributed by atoms with van der Waals surface area (Å²) in [6, 6.07) is 13.7. The van der Waals surface area contributed by atoms with Gasteiger partial charge in [0.15, 0.2) is 0 Å². The molecule has 1 heterocycles. The highest BCUT2D eigenvalue weighted by atomic mass is 16.3. The number of aliphatic hydroxyl groups is 1. The normalized spacial score (nSPS) is 13.3. The second-order valence-corrected chi connectivity index (χ2v) is 6.09. The van der Waals surface area contributed by atoms with Gasteiger partial charge >= 0.3 is 0 Å². The lowest BCUT2D eigenvalue weighted by Gasteiger charge is -2.20. The summed E-state index contributed by atoms with van der Waals surface area (Å²) in [5, 5.41) is 12.3. The van der Waals surface area contributed by atoms with Crippen LogP contribution in [0.4, 0.5) is 5.69 Å². The van der Waals surface area contributed by atoms with Gasteiger partial charge in [-0.3, -0.25) is 4.79 Å². The zero-order valence-electron chi connectivity index (χ0n) is 13.1. The molecule has 23 heavy (non-hydrogen) atoms. The van der Waals surface area contributed by atoms with Gasteiger partial charge in [0.2, 0.25) is 0 Å². The molecule has 0 radical (unpaired) electrons. The molecule has 0 unspecified atom stereocenters. The lowest BCUT2D eigenvalue weighted by atomic mass is 9.96. The molecule has 118 valence electrons. The molecule has 0 atom stereocenters. The van der Waals surface area contributed by atoms with Crippen molar-refractivity contribution < 1.29 is 9.90 Å². The molecule has 3 rings (SSSR count). The van der Waals surface area contributed by atoms with Crippen LogP contribution in [0.25, 0.3) is 0 Å². The lowest BCUT2D eigenvalue weighted by molar-refractivity contribution is -0.117. The van der Waals surface area contributed by atoms with Crippen molar-refractivity contribution in [3.05, 3.63) is 77.0 Å². The number of hydrogen-bond acceptors (Lipinski definition) is 3. The minimum atomic E-state index is 0.0316. The largest absolute Gasteiger partial charge is 0.392 e. The Hall–Kier alpha value is -2.39. The van der Waals surface area contributed by atoms with Gasteiger partial charge in [0.05, 0.1) is 6.61 Å². The molecule has 0 amide bonds. The molecule has 0 bridgehead atoms. The molecule has 0 fully saturated rings.